The molecule has 1 heterocycles. The topological polar surface area (TPSA) is 49.4 Å². The highest BCUT2D eigenvalue weighted by Gasteiger charge is 2.26. The standard InChI is InChI=1S/C21H28N2O2/c24-20(12-11-17-7-3-1-4-8-17)23-15-13-19(14-16-23)22-21(25)18-9-5-2-6-10-18/h1,3-4,7-8,11-12,18-19H,2,5-6,9-10,13-16H2,(H,22,25)/b12-11+. The number of carbonyl (C=O) groups is 2. The fourth-order valence-corrected chi connectivity index (χ4v) is 3.77. The minimum atomic E-state index is 0.0564. The van der Waals surface area contributed by atoms with Gasteiger partial charge in [0.15, 0.2) is 0 Å². The maximum absolute atomic E-state index is 12.3. The summed E-state index contributed by atoms with van der Waals surface area (Å²) in [6, 6.07) is 10.1. The van der Waals surface area contributed by atoms with Gasteiger partial charge in [0, 0.05) is 31.1 Å². The minimum Gasteiger partial charge on any atom is -0.353 e. The van der Waals surface area contributed by atoms with Crippen LogP contribution in [0.2, 0.25) is 0 Å². The molecular formula is C21H28N2O2. The van der Waals surface area contributed by atoms with Gasteiger partial charge in [-0.25, -0.2) is 0 Å². The van der Waals surface area contributed by atoms with Crippen LogP contribution in [0.1, 0.15) is 50.5 Å². The van der Waals surface area contributed by atoms with Gasteiger partial charge in [-0.3, -0.25) is 9.59 Å². The first-order valence-electron chi connectivity index (χ1n) is 9.55. The van der Waals surface area contributed by atoms with E-state index >= 15 is 0 Å². The summed E-state index contributed by atoms with van der Waals surface area (Å²) in [7, 11) is 0. The van der Waals surface area contributed by atoms with Crippen molar-refractivity contribution in [3.63, 3.8) is 0 Å². The average Bonchev–Trinajstić information content (AvgIpc) is 2.68. The van der Waals surface area contributed by atoms with Gasteiger partial charge in [0.2, 0.25) is 11.8 Å². The normalized spacial score (nSPS) is 19.9. The molecule has 0 unspecified atom stereocenters. The molecule has 1 aromatic carbocycles. The number of nitrogens with one attached hydrogen (secondary N) is 1. The van der Waals surface area contributed by atoms with Crippen LogP contribution in [0.3, 0.4) is 0 Å². The summed E-state index contributed by atoms with van der Waals surface area (Å²) >= 11 is 0. The molecule has 1 aliphatic carbocycles. The molecule has 1 saturated heterocycles. The largest absolute Gasteiger partial charge is 0.353 e. The van der Waals surface area contributed by atoms with Gasteiger partial charge >= 0.3 is 0 Å². The van der Waals surface area contributed by atoms with Crippen molar-refractivity contribution in [1.29, 1.82) is 0 Å². The molecule has 0 atom stereocenters. The molecular weight excluding hydrogens is 312 g/mol. The van der Waals surface area contributed by atoms with Gasteiger partial charge in [0.1, 0.15) is 0 Å². The second-order valence-corrected chi connectivity index (χ2v) is 7.19. The Morgan fingerprint density at radius 3 is 2.32 bits per heavy atom. The molecule has 2 fully saturated rings. The third-order valence-corrected chi connectivity index (χ3v) is 5.35. The van der Waals surface area contributed by atoms with Crippen molar-refractivity contribution >= 4 is 17.9 Å². The molecule has 1 N–H and O–H groups in total. The molecule has 1 saturated carbocycles. The average molecular weight is 340 g/mol. The zero-order chi connectivity index (χ0) is 17.5. The lowest BCUT2D eigenvalue weighted by Gasteiger charge is -2.33. The molecule has 2 aliphatic rings. The highest BCUT2D eigenvalue weighted by molar-refractivity contribution is 5.91. The van der Waals surface area contributed by atoms with Crippen molar-refractivity contribution < 1.29 is 9.59 Å². The monoisotopic (exact) mass is 340 g/mol. The Bertz CT molecular complexity index is 598. The Labute approximate surface area is 150 Å². The Morgan fingerprint density at radius 1 is 0.960 bits per heavy atom. The van der Waals surface area contributed by atoms with Crippen LogP contribution in [0.4, 0.5) is 0 Å². The number of rotatable bonds is 4. The van der Waals surface area contributed by atoms with Crippen LogP contribution in [0.5, 0.6) is 0 Å². The fraction of sp³-hybridized carbons (Fsp3) is 0.524. The van der Waals surface area contributed by atoms with E-state index < -0.39 is 0 Å². The molecule has 1 aliphatic heterocycles. The lowest BCUT2D eigenvalue weighted by molar-refractivity contribution is -0.128. The number of nitrogens with zero attached hydrogens (tertiary/aromatic N) is 1. The van der Waals surface area contributed by atoms with Gasteiger partial charge in [0.25, 0.3) is 0 Å². The molecule has 1 aromatic rings. The van der Waals surface area contributed by atoms with E-state index in [9.17, 15) is 9.59 Å². The van der Waals surface area contributed by atoms with E-state index in [1.807, 2.05) is 41.3 Å². The fourth-order valence-electron chi connectivity index (χ4n) is 3.77. The van der Waals surface area contributed by atoms with Crippen LogP contribution >= 0.6 is 0 Å². The second kappa shape index (κ2) is 8.84. The summed E-state index contributed by atoms with van der Waals surface area (Å²) in [4.78, 5) is 26.5. The second-order valence-electron chi connectivity index (χ2n) is 7.19. The minimum absolute atomic E-state index is 0.0564. The maximum Gasteiger partial charge on any atom is 0.246 e. The zero-order valence-electron chi connectivity index (χ0n) is 14.8. The quantitative estimate of drug-likeness (QED) is 0.854. The first-order chi connectivity index (χ1) is 12.2. The Balaban J connectivity index is 1.42. The molecule has 0 bridgehead atoms. The van der Waals surface area contributed by atoms with Crippen LogP contribution in [-0.2, 0) is 9.59 Å². The first-order valence-corrected chi connectivity index (χ1v) is 9.55. The molecule has 4 heteroatoms. The van der Waals surface area contributed by atoms with E-state index in [4.69, 9.17) is 0 Å². The maximum atomic E-state index is 12.3. The molecule has 4 nitrogen and oxygen atoms in total. The molecule has 2 amide bonds. The number of hydrogen-bond acceptors (Lipinski definition) is 2. The summed E-state index contributed by atoms with van der Waals surface area (Å²) in [6.45, 7) is 1.43. The van der Waals surface area contributed by atoms with Crippen molar-refractivity contribution in [2.45, 2.75) is 51.0 Å². The lowest BCUT2D eigenvalue weighted by atomic mass is 9.88. The van der Waals surface area contributed by atoms with Crippen molar-refractivity contribution in [2.75, 3.05) is 13.1 Å². The summed E-state index contributed by atoms with van der Waals surface area (Å²) in [5.74, 6) is 0.497. The van der Waals surface area contributed by atoms with Crippen molar-refractivity contribution in [3.05, 3.63) is 42.0 Å². The van der Waals surface area contributed by atoms with E-state index in [2.05, 4.69) is 5.32 Å². The predicted octanol–water partition coefficient (Wildman–Crippen LogP) is 3.39. The summed E-state index contributed by atoms with van der Waals surface area (Å²) < 4.78 is 0. The summed E-state index contributed by atoms with van der Waals surface area (Å²) in [5.41, 5.74) is 1.03. The zero-order valence-corrected chi connectivity index (χ0v) is 14.8. The third kappa shape index (κ3) is 5.18. The highest BCUT2D eigenvalue weighted by Crippen LogP contribution is 2.24. The number of likely N-dealkylation sites (tertiary alicyclic amines) is 1. The van der Waals surface area contributed by atoms with Crippen molar-refractivity contribution in [1.82, 2.24) is 10.2 Å². The van der Waals surface area contributed by atoms with E-state index in [-0.39, 0.29) is 23.8 Å². The summed E-state index contributed by atoms with van der Waals surface area (Å²) in [5, 5.41) is 3.21. The van der Waals surface area contributed by atoms with E-state index in [1.54, 1.807) is 6.08 Å². The summed E-state index contributed by atoms with van der Waals surface area (Å²) in [6.07, 6.45) is 10.9. The van der Waals surface area contributed by atoms with Crippen LogP contribution in [0.25, 0.3) is 6.08 Å². The van der Waals surface area contributed by atoms with Gasteiger partial charge in [-0.2, -0.15) is 0 Å². The van der Waals surface area contributed by atoms with E-state index in [0.29, 0.717) is 13.1 Å². The molecule has 25 heavy (non-hydrogen) atoms. The SMILES string of the molecule is O=C(NC1CCN(C(=O)/C=C/c2ccccc2)CC1)C1CCCCC1. The number of piperidine rings is 1. The highest BCUT2D eigenvalue weighted by atomic mass is 16.2. The molecule has 134 valence electrons. The molecule has 3 rings (SSSR count). The van der Waals surface area contributed by atoms with Gasteiger partial charge < -0.3 is 10.2 Å². The van der Waals surface area contributed by atoms with Gasteiger partial charge in [0.05, 0.1) is 0 Å². The van der Waals surface area contributed by atoms with Crippen molar-refractivity contribution in [3.8, 4) is 0 Å². The number of benzene rings is 1. The van der Waals surface area contributed by atoms with E-state index in [1.165, 1.54) is 19.3 Å². The van der Waals surface area contributed by atoms with Gasteiger partial charge in [-0.1, -0.05) is 49.6 Å². The van der Waals surface area contributed by atoms with Crippen LogP contribution < -0.4 is 5.32 Å². The number of carbonyl (C=O) groups excluding carboxylic acids is 2. The van der Waals surface area contributed by atoms with E-state index in [0.717, 1.165) is 31.2 Å². The molecule has 0 spiro atoms. The van der Waals surface area contributed by atoms with Gasteiger partial charge in [-0.05, 0) is 37.3 Å². The molecule has 0 radical (unpaired) electrons. The molecule has 0 aromatic heterocycles. The van der Waals surface area contributed by atoms with Crippen LogP contribution in [0, 0.1) is 5.92 Å². The Hall–Kier alpha value is -2.10. The third-order valence-electron chi connectivity index (χ3n) is 5.35. The van der Waals surface area contributed by atoms with Gasteiger partial charge in [-0.15, -0.1) is 0 Å². The Kier molecular flexibility index (Phi) is 6.26. The van der Waals surface area contributed by atoms with Crippen LogP contribution in [0.15, 0.2) is 36.4 Å². The lowest BCUT2D eigenvalue weighted by Crippen LogP contribution is -2.47. The Morgan fingerprint density at radius 2 is 1.64 bits per heavy atom. The number of amides is 2. The van der Waals surface area contributed by atoms with Crippen LogP contribution in [-0.4, -0.2) is 35.8 Å². The number of hydrogen-bond donors (Lipinski definition) is 1. The first kappa shape index (κ1) is 17.7. The predicted molar refractivity (Wildman–Crippen MR) is 99.8 cm³/mol. The van der Waals surface area contributed by atoms with Crippen molar-refractivity contribution in [2.24, 2.45) is 5.92 Å². The smallest absolute Gasteiger partial charge is 0.246 e.